The summed E-state index contributed by atoms with van der Waals surface area (Å²) in [5.74, 6) is -0.0746. The molecule has 8 nitrogen and oxygen atoms in total. The number of rotatable bonds is 8. The van der Waals surface area contributed by atoms with Gasteiger partial charge < -0.3 is 25.5 Å². The van der Waals surface area contributed by atoms with Crippen LogP contribution >= 0.6 is 34.5 Å². The zero-order chi connectivity index (χ0) is 31.1. The molecule has 3 aromatic carbocycles. The monoisotopic (exact) mass is 650 g/mol. The first-order valence-electron chi connectivity index (χ1n) is 14.2. The number of aromatic carboxylic acids is 1. The first-order chi connectivity index (χ1) is 21.4. The Morgan fingerprint density at radius 3 is 2.00 bits per heavy atom. The summed E-state index contributed by atoms with van der Waals surface area (Å²) in [6, 6.07) is 26.1. The van der Waals surface area contributed by atoms with E-state index in [0.717, 1.165) is 64.3 Å². The number of carbonyl (C=O) groups is 1. The third-order valence-electron chi connectivity index (χ3n) is 7.45. The van der Waals surface area contributed by atoms with Gasteiger partial charge in [0.25, 0.3) is 0 Å². The molecule has 228 valence electrons. The van der Waals surface area contributed by atoms with Crippen molar-refractivity contribution >= 4 is 62.2 Å². The van der Waals surface area contributed by atoms with Crippen molar-refractivity contribution in [3.63, 3.8) is 0 Å². The van der Waals surface area contributed by atoms with Crippen LogP contribution in [0.3, 0.4) is 0 Å². The molecule has 0 spiro atoms. The summed E-state index contributed by atoms with van der Waals surface area (Å²) >= 11 is 13.7. The van der Waals surface area contributed by atoms with Gasteiger partial charge >= 0.3 is 5.97 Å². The van der Waals surface area contributed by atoms with E-state index in [2.05, 4.69) is 62.6 Å². The largest absolute Gasteiger partial charge is 0.477 e. The lowest BCUT2D eigenvalue weighted by molar-refractivity contribution is 0.0702. The summed E-state index contributed by atoms with van der Waals surface area (Å²) in [6.45, 7) is 1.45. The summed E-state index contributed by atoms with van der Waals surface area (Å²) in [4.78, 5) is 23.1. The fourth-order valence-corrected chi connectivity index (χ4v) is 6.46. The van der Waals surface area contributed by atoms with Crippen molar-refractivity contribution in [1.82, 2.24) is 9.97 Å². The number of piperidine rings is 1. The van der Waals surface area contributed by atoms with E-state index in [-0.39, 0.29) is 25.2 Å². The van der Waals surface area contributed by atoms with E-state index in [4.69, 9.17) is 33.4 Å². The topological polar surface area (TPSA) is 119 Å². The lowest BCUT2D eigenvalue weighted by atomic mass is 9.84. The molecule has 1 aliphatic heterocycles. The second-order valence-corrected chi connectivity index (χ2v) is 12.3. The quantitative estimate of drug-likeness (QED) is 0.134. The third kappa shape index (κ3) is 7.67. The lowest BCUT2D eigenvalue weighted by Crippen LogP contribution is -2.39. The maximum atomic E-state index is 11.3. The zero-order valence-corrected chi connectivity index (χ0v) is 26.1. The highest BCUT2D eigenvalue weighted by atomic mass is 35.5. The third-order valence-corrected chi connectivity index (χ3v) is 9.09. The number of benzene rings is 3. The lowest BCUT2D eigenvalue weighted by Gasteiger charge is -2.33. The van der Waals surface area contributed by atoms with Crippen molar-refractivity contribution in [1.29, 1.82) is 0 Å². The predicted molar refractivity (Wildman–Crippen MR) is 178 cm³/mol. The van der Waals surface area contributed by atoms with Crippen LogP contribution < -0.4 is 10.2 Å². The number of aromatic nitrogens is 2. The standard InChI is InChI=1S/C31H26Cl2N4O2S.C2H6O2/c32-22-6-1-19(2-7-22)29(20-3-8-23(33)9-4-20)21-5-10-26-25(17-21)30(35-18-34-26)36-24-13-15-37(16-14-24)28-12-11-27(40-28)31(38)39;3-1-2-4/h1-12,17-18,24,29H,13-16H2,(H,38,39)(H,34,35,36);3-4H,1-2H2. The minimum atomic E-state index is -0.878. The van der Waals surface area contributed by atoms with Crippen molar-refractivity contribution in [3.8, 4) is 0 Å². The van der Waals surface area contributed by atoms with Crippen LogP contribution in [0, 0.1) is 0 Å². The van der Waals surface area contributed by atoms with Gasteiger partial charge in [0.05, 0.1) is 23.7 Å². The molecule has 0 amide bonds. The van der Waals surface area contributed by atoms with E-state index in [1.165, 1.54) is 11.3 Å². The fourth-order valence-electron chi connectivity index (χ4n) is 5.31. The van der Waals surface area contributed by atoms with Crippen molar-refractivity contribution in [2.24, 2.45) is 0 Å². The number of aliphatic hydroxyl groups excluding tert-OH is 2. The summed E-state index contributed by atoms with van der Waals surface area (Å²) < 4.78 is 0. The normalized spacial score (nSPS) is 13.5. The molecule has 1 fully saturated rings. The van der Waals surface area contributed by atoms with E-state index in [1.807, 2.05) is 30.3 Å². The summed E-state index contributed by atoms with van der Waals surface area (Å²) in [5, 5.41) is 31.6. The van der Waals surface area contributed by atoms with E-state index in [1.54, 1.807) is 12.4 Å². The molecule has 1 saturated heterocycles. The van der Waals surface area contributed by atoms with E-state index < -0.39 is 5.97 Å². The Kier molecular flexibility index (Phi) is 10.7. The van der Waals surface area contributed by atoms with Gasteiger partial charge in [0.15, 0.2) is 0 Å². The molecule has 6 rings (SSSR count). The number of halogens is 2. The number of nitrogens with zero attached hydrogens (tertiary/aromatic N) is 3. The van der Waals surface area contributed by atoms with Gasteiger partial charge in [-0.1, -0.05) is 53.5 Å². The molecular formula is C33H32Cl2N4O4S. The first-order valence-corrected chi connectivity index (χ1v) is 15.8. The summed E-state index contributed by atoms with van der Waals surface area (Å²) in [6.07, 6.45) is 3.45. The van der Waals surface area contributed by atoms with Gasteiger partial charge in [-0.3, -0.25) is 0 Å². The second kappa shape index (κ2) is 14.8. The average Bonchev–Trinajstić information content (AvgIpc) is 3.55. The SMILES string of the molecule is O=C(O)c1ccc(N2CCC(Nc3ncnc4ccc(C(c5ccc(Cl)cc5)c5ccc(Cl)cc5)cc34)CC2)s1.OCCO. The molecule has 0 atom stereocenters. The number of hydrogen-bond donors (Lipinski definition) is 4. The van der Waals surface area contributed by atoms with Gasteiger partial charge in [-0.15, -0.1) is 11.3 Å². The Morgan fingerprint density at radius 2 is 1.45 bits per heavy atom. The van der Waals surface area contributed by atoms with E-state index in [9.17, 15) is 9.90 Å². The number of thiophene rings is 1. The van der Waals surface area contributed by atoms with Gasteiger partial charge in [-0.05, 0) is 78.1 Å². The Bertz CT molecular complexity index is 1640. The van der Waals surface area contributed by atoms with Crippen LogP contribution in [0.15, 0.2) is 85.2 Å². The van der Waals surface area contributed by atoms with Crippen LogP contribution in [0.25, 0.3) is 10.9 Å². The summed E-state index contributed by atoms with van der Waals surface area (Å²) in [5.41, 5.74) is 4.26. The maximum Gasteiger partial charge on any atom is 0.345 e. The highest BCUT2D eigenvalue weighted by molar-refractivity contribution is 7.17. The zero-order valence-electron chi connectivity index (χ0n) is 23.7. The Labute approximate surface area is 269 Å². The number of hydrogen-bond acceptors (Lipinski definition) is 8. The minimum absolute atomic E-state index is 0.0169. The number of fused-ring (bicyclic) bond motifs is 1. The number of carboxylic acids is 1. The van der Waals surface area contributed by atoms with E-state index in [0.29, 0.717) is 14.9 Å². The number of aliphatic hydroxyl groups is 2. The fraction of sp³-hybridized carbons (Fsp3) is 0.242. The summed E-state index contributed by atoms with van der Waals surface area (Å²) in [7, 11) is 0. The molecule has 5 aromatic rings. The number of anilines is 2. The number of nitrogens with one attached hydrogen (secondary N) is 1. The molecular weight excluding hydrogens is 619 g/mol. The maximum absolute atomic E-state index is 11.3. The van der Waals surface area contributed by atoms with Crippen molar-refractivity contribution in [2.75, 3.05) is 36.5 Å². The smallest absolute Gasteiger partial charge is 0.345 e. The van der Waals surface area contributed by atoms with Crippen LogP contribution in [0.4, 0.5) is 10.8 Å². The highest BCUT2D eigenvalue weighted by Crippen LogP contribution is 2.36. The molecule has 0 unspecified atom stereocenters. The molecule has 4 N–H and O–H groups in total. The molecule has 0 saturated carbocycles. The Balaban J connectivity index is 0.000000906. The molecule has 3 heterocycles. The Hall–Kier alpha value is -3.73. The molecule has 0 bridgehead atoms. The van der Waals surface area contributed by atoms with E-state index >= 15 is 0 Å². The average molecular weight is 652 g/mol. The molecule has 0 radical (unpaired) electrons. The minimum Gasteiger partial charge on any atom is -0.477 e. The molecule has 0 aliphatic carbocycles. The van der Waals surface area contributed by atoms with Crippen LogP contribution in [0.2, 0.25) is 10.0 Å². The molecule has 11 heteroatoms. The van der Waals surface area contributed by atoms with Crippen molar-refractivity contribution < 1.29 is 20.1 Å². The van der Waals surface area contributed by atoms with Gasteiger partial charge in [0.2, 0.25) is 0 Å². The highest BCUT2D eigenvalue weighted by Gasteiger charge is 2.23. The van der Waals surface area contributed by atoms with Crippen molar-refractivity contribution in [2.45, 2.75) is 24.8 Å². The van der Waals surface area contributed by atoms with Crippen LogP contribution in [0.5, 0.6) is 0 Å². The molecule has 2 aromatic heterocycles. The molecule has 44 heavy (non-hydrogen) atoms. The molecule has 1 aliphatic rings. The van der Waals surface area contributed by atoms with Crippen LogP contribution in [-0.2, 0) is 0 Å². The number of carboxylic acid groups (broad SMARTS) is 1. The first kappa shape index (κ1) is 31.7. The van der Waals surface area contributed by atoms with Gasteiger partial charge in [0.1, 0.15) is 17.0 Å². The van der Waals surface area contributed by atoms with Crippen LogP contribution in [0.1, 0.15) is 45.1 Å². The predicted octanol–water partition coefficient (Wildman–Crippen LogP) is 6.93. The second-order valence-electron chi connectivity index (χ2n) is 10.3. The van der Waals surface area contributed by atoms with Crippen molar-refractivity contribution in [3.05, 3.63) is 117 Å². The van der Waals surface area contributed by atoms with Gasteiger partial charge in [-0.25, -0.2) is 14.8 Å². The van der Waals surface area contributed by atoms with Gasteiger partial charge in [-0.2, -0.15) is 0 Å². The van der Waals surface area contributed by atoms with Gasteiger partial charge in [0, 0.05) is 40.5 Å². The Morgan fingerprint density at radius 1 is 0.864 bits per heavy atom. The van der Waals surface area contributed by atoms with Crippen LogP contribution in [-0.4, -0.2) is 63.6 Å².